The summed E-state index contributed by atoms with van der Waals surface area (Å²) < 4.78 is 5.41. The average Bonchev–Trinajstić information content (AvgIpc) is 2.96. The molecule has 9 nitrogen and oxygen atoms in total. The summed E-state index contributed by atoms with van der Waals surface area (Å²) in [7, 11) is 0. The van der Waals surface area contributed by atoms with Gasteiger partial charge in [-0.15, -0.1) is 0 Å². The van der Waals surface area contributed by atoms with E-state index in [1.165, 1.54) is 12.1 Å². The van der Waals surface area contributed by atoms with Gasteiger partial charge >= 0.3 is 6.09 Å². The van der Waals surface area contributed by atoms with E-state index in [1.54, 1.807) is 57.2 Å². The van der Waals surface area contributed by atoms with Gasteiger partial charge in [0.05, 0.1) is 6.07 Å². The quantitative estimate of drug-likeness (QED) is 0.283. The van der Waals surface area contributed by atoms with E-state index >= 15 is 0 Å². The predicted molar refractivity (Wildman–Crippen MR) is 160 cm³/mol. The molecule has 0 aromatic heterocycles. The summed E-state index contributed by atoms with van der Waals surface area (Å²) in [6, 6.07) is 22.1. The molecule has 0 saturated carbocycles. The smallest absolute Gasteiger partial charge is 0.408 e. The van der Waals surface area contributed by atoms with Crippen molar-refractivity contribution in [2.45, 2.75) is 51.4 Å². The summed E-state index contributed by atoms with van der Waals surface area (Å²) in [6.07, 6.45) is 0.817. The van der Waals surface area contributed by atoms with Gasteiger partial charge in [-0.3, -0.25) is 9.59 Å². The molecule has 0 aliphatic heterocycles. The van der Waals surface area contributed by atoms with Crippen molar-refractivity contribution < 1.29 is 24.2 Å². The Balaban J connectivity index is 2.02. The predicted octanol–water partition coefficient (Wildman–Crippen LogP) is 4.88. The Labute approximate surface area is 246 Å². The van der Waals surface area contributed by atoms with E-state index in [2.05, 4.69) is 17.2 Å². The number of phenols is 1. The molecule has 3 amide bonds. The van der Waals surface area contributed by atoms with Crippen molar-refractivity contribution in [1.29, 1.82) is 5.26 Å². The Morgan fingerprint density at radius 2 is 1.71 bits per heavy atom. The van der Waals surface area contributed by atoms with Crippen molar-refractivity contribution in [1.82, 2.24) is 15.5 Å². The van der Waals surface area contributed by atoms with Crippen LogP contribution in [0.25, 0.3) is 6.08 Å². The second-order valence-corrected chi connectivity index (χ2v) is 10.7. The first-order chi connectivity index (χ1) is 20.0. The molecule has 0 heterocycles. The first-order valence-corrected chi connectivity index (χ1v) is 13.5. The molecule has 218 valence electrons. The molecule has 0 aliphatic rings. The van der Waals surface area contributed by atoms with Crippen LogP contribution in [-0.2, 0) is 27.3 Å². The van der Waals surface area contributed by atoms with Crippen LogP contribution in [0.1, 0.15) is 49.1 Å². The number of hydrogen-bond acceptors (Lipinski definition) is 6. The highest BCUT2D eigenvalue weighted by Crippen LogP contribution is 2.25. The van der Waals surface area contributed by atoms with Gasteiger partial charge in [-0.05, 0) is 61.2 Å². The summed E-state index contributed by atoms with van der Waals surface area (Å²) in [5.41, 5.74) is 1.87. The van der Waals surface area contributed by atoms with Crippen molar-refractivity contribution in [3.63, 3.8) is 0 Å². The SMILES string of the molecule is C=Cc1cccc(C(C(=O)NCc2ccccc2)N(CC#N)C(=O)C(Cc2ccc(O)cc2)NC(=O)OC(C)(C)C)c1. The molecule has 42 heavy (non-hydrogen) atoms. The highest BCUT2D eigenvalue weighted by Gasteiger charge is 2.36. The molecule has 3 rings (SSSR count). The van der Waals surface area contributed by atoms with Gasteiger partial charge in [0.2, 0.25) is 11.8 Å². The molecule has 3 aromatic carbocycles. The summed E-state index contributed by atoms with van der Waals surface area (Å²) in [5.74, 6) is -1.10. The van der Waals surface area contributed by atoms with Crippen LogP contribution in [0.3, 0.4) is 0 Å². The molecular formula is C33H36N4O5. The second-order valence-electron chi connectivity index (χ2n) is 10.7. The van der Waals surface area contributed by atoms with Crippen molar-refractivity contribution in [2.24, 2.45) is 0 Å². The van der Waals surface area contributed by atoms with Crippen molar-refractivity contribution >= 4 is 24.0 Å². The third-order valence-electron chi connectivity index (χ3n) is 6.22. The minimum Gasteiger partial charge on any atom is -0.508 e. The Hall–Kier alpha value is -5.10. The number of nitrogens with zero attached hydrogens (tertiary/aromatic N) is 2. The Morgan fingerprint density at radius 3 is 2.33 bits per heavy atom. The number of rotatable bonds is 11. The molecule has 0 fully saturated rings. The number of hydrogen-bond donors (Lipinski definition) is 3. The summed E-state index contributed by atoms with van der Waals surface area (Å²) in [4.78, 5) is 42.0. The van der Waals surface area contributed by atoms with Gasteiger partial charge in [0.25, 0.3) is 0 Å². The zero-order chi connectivity index (χ0) is 30.7. The molecule has 2 atom stereocenters. The van der Waals surface area contributed by atoms with Crippen LogP contribution in [0.2, 0.25) is 0 Å². The number of phenolic OH excluding ortho intramolecular Hbond substituents is 1. The minimum atomic E-state index is -1.19. The number of ether oxygens (including phenoxy) is 1. The molecule has 9 heteroatoms. The number of aromatic hydroxyl groups is 1. The number of alkyl carbamates (subject to hydrolysis) is 1. The zero-order valence-electron chi connectivity index (χ0n) is 24.0. The van der Waals surface area contributed by atoms with Crippen LogP contribution in [0.4, 0.5) is 4.79 Å². The van der Waals surface area contributed by atoms with Gasteiger partial charge in [-0.2, -0.15) is 5.26 Å². The number of benzene rings is 3. The van der Waals surface area contributed by atoms with Crippen LogP contribution in [-0.4, -0.2) is 46.1 Å². The van der Waals surface area contributed by atoms with Gasteiger partial charge in [-0.1, -0.05) is 73.3 Å². The van der Waals surface area contributed by atoms with Crippen molar-refractivity contribution in [3.05, 3.63) is 108 Å². The Bertz CT molecular complexity index is 1430. The van der Waals surface area contributed by atoms with E-state index in [0.29, 0.717) is 11.1 Å². The largest absolute Gasteiger partial charge is 0.508 e. The fraction of sp³-hybridized carbons (Fsp3) is 0.273. The number of nitrogens with one attached hydrogen (secondary N) is 2. The number of carbonyl (C=O) groups is 3. The van der Waals surface area contributed by atoms with E-state index < -0.39 is 42.1 Å². The van der Waals surface area contributed by atoms with E-state index in [-0.39, 0.29) is 18.7 Å². The maximum absolute atomic E-state index is 14.2. The molecule has 2 unspecified atom stereocenters. The van der Waals surface area contributed by atoms with Gasteiger partial charge in [0, 0.05) is 13.0 Å². The van der Waals surface area contributed by atoms with Gasteiger partial charge in [0.1, 0.15) is 30.0 Å². The lowest BCUT2D eigenvalue weighted by molar-refractivity contribution is -0.141. The van der Waals surface area contributed by atoms with Crippen LogP contribution >= 0.6 is 0 Å². The highest BCUT2D eigenvalue weighted by molar-refractivity contribution is 5.92. The molecule has 0 aliphatic carbocycles. The molecule has 3 aromatic rings. The molecule has 0 bridgehead atoms. The first-order valence-electron chi connectivity index (χ1n) is 13.5. The third kappa shape index (κ3) is 9.24. The fourth-order valence-corrected chi connectivity index (χ4v) is 4.30. The summed E-state index contributed by atoms with van der Waals surface area (Å²) in [6.45, 7) is 8.68. The minimum absolute atomic E-state index is 0.0192. The van der Waals surface area contributed by atoms with E-state index in [9.17, 15) is 24.8 Å². The van der Waals surface area contributed by atoms with Crippen LogP contribution in [0.5, 0.6) is 5.75 Å². The lowest BCUT2D eigenvalue weighted by Gasteiger charge is -2.33. The number of nitriles is 1. The van der Waals surface area contributed by atoms with Gasteiger partial charge < -0.3 is 25.4 Å². The van der Waals surface area contributed by atoms with Crippen LogP contribution in [0.15, 0.2) is 85.4 Å². The topological polar surface area (TPSA) is 132 Å². The average molecular weight is 569 g/mol. The van der Waals surface area contributed by atoms with Gasteiger partial charge in [-0.25, -0.2) is 4.79 Å². The van der Waals surface area contributed by atoms with E-state index in [1.807, 2.05) is 42.5 Å². The van der Waals surface area contributed by atoms with Crippen molar-refractivity contribution in [3.8, 4) is 11.8 Å². The lowest BCUT2D eigenvalue weighted by atomic mass is 9.98. The maximum atomic E-state index is 14.2. The first kappa shape index (κ1) is 31.4. The molecule has 0 spiro atoms. The van der Waals surface area contributed by atoms with Gasteiger partial charge in [0.15, 0.2) is 0 Å². The number of amides is 3. The standard InChI is InChI=1S/C33H36N4O5/c1-5-23-12-9-13-26(20-23)29(30(39)35-22-25-10-7-6-8-11-25)37(19-18-34)31(40)28(36-32(41)42-33(2,3)4)21-24-14-16-27(38)17-15-24/h5-17,20,28-29,38H,1,19,21-22H2,2-4H3,(H,35,39)(H,36,41). The second kappa shape index (κ2) is 14.5. The van der Waals surface area contributed by atoms with Crippen molar-refractivity contribution in [2.75, 3.05) is 6.54 Å². The highest BCUT2D eigenvalue weighted by atomic mass is 16.6. The normalized spacial score (nSPS) is 12.2. The molecule has 3 N–H and O–H groups in total. The van der Waals surface area contributed by atoms with Crippen LogP contribution < -0.4 is 10.6 Å². The van der Waals surface area contributed by atoms with Crippen LogP contribution in [0, 0.1) is 11.3 Å². The molecule has 0 radical (unpaired) electrons. The fourth-order valence-electron chi connectivity index (χ4n) is 4.30. The Kier molecular flexibility index (Phi) is 10.9. The maximum Gasteiger partial charge on any atom is 0.408 e. The monoisotopic (exact) mass is 568 g/mol. The summed E-state index contributed by atoms with van der Waals surface area (Å²) >= 11 is 0. The Morgan fingerprint density at radius 1 is 1.02 bits per heavy atom. The third-order valence-corrected chi connectivity index (χ3v) is 6.22. The molecular weight excluding hydrogens is 532 g/mol. The summed E-state index contributed by atoms with van der Waals surface area (Å²) in [5, 5.41) is 25.0. The zero-order valence-corrected chi connectivity index (χ0v) is 24.0. The van der Waals surface area contributed by atoms with E-state index in [4.69, 9.17) is 4.74 Å². The number of carbonyl (C=O) groups excluding carboxylic acids is 3. The van der Waals surface area contributed by atoms with E-state index in [0.717, 1.165) is 16.0 Å². The lowest BCUT2D eigenvalue weighted by Crippen LogP contribution is -2.53. The molecule has 0 saturated heterocycles.